The molecule has 128 valence electrons. The van der Waals surface area contributed by atoms with Gasteiger partial charge in [-0.05, 0) is 37.5 Å². The number of nitrogens with zero attached hydrogens (tertiary/aromatic N) is 4. The average Bonchev–Trinajstić information content (AvgIpc) is 3.28. The molecule has 0 saturated heterocycles. The van der Waals surface area contributed by atoms with Crippen molar-refractivity contribution in [2.24, 2.45) is 18.9 Å². The Bertz CT molecular complexity index is 501. The van der Waals surface area contributed by atoms with E-state index in [-0.39, 0.29) is 6.03 Å². The molecule has 2 saturated carbocycles. The number of carbonyl (C=O) groups excluding carboxylic acids is 1. The fraction of sp³-hybridized carbons (Fsp3) is 0.824. The van der Waals surface area contributed by atoms with Crippen molar-refractivity contribution in [2.75, 3.05) is 7.05 Å². The number of aromatic nitrogens is 3. The normalized spacial score (nSPS) is 19.6. The number of aryl methyl sites for hydroxylation is 1. The smallest absolute Gasteiger partial charge is 0.317 e. The van der Waals surface area contributed by atoms with Crippen molar-refractivity contribution in [3.63, 3.8) is 0 Å². The minimum Gasteiger partial charge on any atom is -0.335 e. The predicted octanol–water partition coefficient (Wildman–Crippen LogP) is 2.71. The molecule has 0 bridgehead atoms. The summed E-state index contributed by atoms with van der Waals surface area (Å²) >= 11 is 0. The third kappa shape index (κ3) is 3.85. The molecule has 2 aliphatic rings. The van der Waals surface area contributed by atoms with E-state index >= 15 is 0 Å². The van der Waals surface area contributed by atoms with E-state index in [2.05, 4.69) is 15.4 Å². The maximum atomic E-state index is 12.7. The predicted molar refractivity (Wildman–Crippen MR) is 88.7 cm³/mol. The van der Waals surface area contributed by atoms with Crippen molar-refractivity contribution in [3.8, 4) is 0 Å². The van der Waals surface area contributed by atoms with Crippen LogP contribution >= 0.6 is 0 Å². The van der Waals surface area contributed by atoms with Gasteiger partial charge < -0.3 is 10.2 Å². The molecule has 0 spiro atoms. The largest absolute Gasteiger partial charge is 0.335 e. The van der Waals surface area contributed by atoms with Crippen LogP contribution < -0.4 is 5.32 Å². The molecule has 1 N–H and O–H groups in total. The molecule has 2 aliphatic carbocycles. The van der Waals surface area contributed by atoms with Gasteiger partial charge in [-0.3, -0.25) is 4.68 Å². The van der Waals surface area contributed by atoms with Crippen LogP contribution in [0.2, 0.25) is 0 Å². The first-order valence-electron chi connectivity index (χ1n) is 8.99. The summed E-state index contributed by atoms with van der Waals surface area (Å²) in [5.41, 5.74) is 0. The van der Waals surface area contributed by atoms with Crippen molar-refractivity contribution in [2.45, 2.75) is 64.0 Å². The van der Waals surface area contributed by atoms with Crippen molar-refractivity contribution < 1.29 is 4.79 Å². The van der Waals surface area contributed by atoms with Crippen LogP contribution in [0.5, 0.6) is 0 Å². The highest BCUT2D eigenvalue weighted by molar-refractivity contribution is 5.74. The molecule has 1 aromatic heterocycles. The zero-order valence-corrected chi connectivity index (χ0v) is 14.4. The second-order valence-corrected chi connectivity index (χ2v) is 7.22. The number of rotatable bonds is 5. The molecule has 0 atom stereocenters. The molecule has 0 radical (unpaired) electrons. The highest BCUT2D eigenvalue weighted by Gasteiger charge is 2.34. The van der Waals surface area contributed by atoms with Crippen LogP contribution in [0.3, 0.4) is 0 Å². The molecule has 3 rings (SSSR count). The lowest BCUT2D eigenvalue weighted by molar-refractivity contribution is 0.183. The van der Waals surface area contributed by atoms with Crippen molar-refractivity contribution in [1.82, 2.24) is 25.0 Å². The van der Waals surface area contributed by atoms with Crippen molar-refractivity contribution >= 4 is 6.03 Å². The minimum atomic E-state index is 0.0248. The maximum absolute atomic E-state index is 12.7. The highest BCUT2D eigenvalue weighted by atomic mass is 16.2. The van der Waals surface area contributed by atoms with Gasteiger partial charge in [0.2, 0.25) is 0 Å². The van der Waals surface area contributed by atoms with Gasteiger partial charge in [-0.1, -0.05) is 25.7 Å². The van der Waals surface area contributed by atoms with Gasteiger partial charge in [-0.25, -0.2) is 9.78 Å². The third-order valence-electron chi connectivity index (χ3n) is 5.64. The zero-order valence-electron chi connectivity index (χ0n) is 14.4. The van der Waals surface area contributed by atoms with Gasteiger partial charge in [0.25, 0.3) is 0 Å². The summed E-state index contributed by atoms with van der Waals surface area (Å²) in [6.07, 6.45) is 11.9. The topological polar surface area (TPSA) is 63.1 Å². The SMILES string of the molecule is CN(Cc1ncnn1C)C(=O)NC(C1CCCC1)C1CCCC1. The molecule has 1 aromatic rings. The van der Waals surface area contributed by atoms with Crippen LogP contribution in [0.4, 0.5) is 4.79 Å². The average molecular weight is 319 g/mol. The molecule has 2 amide bonds. The van der Waals surface area contributed by atoms with Gasteiger partial charge in [-0.2, -0.15) is 5.10 Å². The van der Waals surface area contributed by atoms with Gasteiger partial charge in [0.15, 0.2) is 0 Å². The Balaban J connectivity index is 1.61. The monoisotopic (exact) mass is 319 g/mol. The standard InChI is InChI=1S/C17H29N5O/c1-21(11-15-18-12-19-22(15)2)17(23)20-16(13-7-3-4-8-13)14-9-5-6-10-14/h12-14,16H,3-11H2,1-2H3,(H,20,23). The summed E-state index contributed by atoms with van der Waals surface area (Å²) in [5, 5.41) is 7.43. The van der Waals surface area contributed by atoms with Gasteiger partial charge in [0.1, 0.15) is 12.2 Å². The van der Waals surface area contributed by atoms with E-state index in [9.17, 15) is 4.79 Å². The lowest BCUT2D eigenvalue weighted by Gasteiger charge is -2.32. The second kappa shape index (κ2) is 7.32. The molecule has 0 aliphatic heterocycles. The number of carbonyl (C=O) groups is 1. The van der Waals surface area contributed by atoms with Crippen molar-refractivity contribution in [3.05, 3.63) is 12.2 Å². The Morgan fingerprint density at radius 1 is 1.26 bits per heavy atom. The van der Waals surface area contributed by atoms with Crippen LogP contribution in [0.1, 0.15) is 57.2 Å². The van der Waals surface area contributed by atoms with Crippen molar-refractivity contribution in [1.29, 1.82) is 0 Å². The lowest BCUT2D eigenvalue weighted by atomic mass is 9.86. The molecule has 6 nitrogen and oxygen atoms in total. The van der Waals surface area contributed by atoms with E-state index in [1.807, 2.05) is 14.1 Å². The van der Waals surface area contributed by atoms with Gasteiger partial charge >= 0.3 is 6.03 Å². The third-order valence-corrected chi connectivity index (χ3v) is 5.64. The van der Waals surface area contributed by atoms with E-state index in [0.29, 0.717) is 24.4 Å². The molecular formula is C17H29N5O. The Kier molecular flexibility index (Phi) is 5.18. The summed E-state index contributed by atoms with van der Waals surface area (Å²) < 4.78 is 1.72. The van der Waals surface area contributed by atoms with Crippen LogP contribution in [-0.4, -0.2) is 38.8 Å². The highest BCUT2D eigenvalue weighted by Crippen LogP contribution is 2.37. The van der Waals surface area contributed by atoms with Gasteiger partial charge in [-0.15, -0.1) is 0 Å². The first kappa shape index (κ1) is 16.3. The van der Waals surface area contributed by atoms with E-state index in [4.69, 9.17) is 0 Å². The minimum absolute atomic E-state index is 0.0248. The molecule has 1 heterocycles. The van der Waals surface area contributed by atoms with Crippen LogP contribution in [-0.2, 0) is 13.6 Å². The van der Waals surface area contributed by atoms with Gasteiger partial charge in [0.05, 0.1) is 6.54 Å². The lowest BCUT2D eigenvalue weighted by Crippen LogP contribution is -2.48. The number of urea groups is 1. The molecule has 23 heavy (non-hydrogen) atoms. The van der Waals surface area contributed by atoms with E-state index < -0.39 is 0 Å². The van der Waals surface area contributed by atoms with Crippen LogP contribution in [0.25, 0.3) is 0 Å². The van der Waals surface area contributed by atoms with Gasteiger partial charge in [0, 0.05) is 20.1 Å². The van der Waals surface area contributed by atoms with E-state index in [1.54, 1.807) is 9.58 Å². The molecule has 0 unspecified atom stereocenters. The Morgan fingerprint density at radius 2 is 1.83 bits per heavy atom. The van der Waals surface area contributed by atoms with E-state index in [1.165, 1.54) is 57.7 Å². The Morgan fingerprint density at radius 3 is 2.30 bits per heavy atom. The van der Waals surface area contributed by atoms with Crippen LogP contribution in [0, 0.1) is 11.8 Å². The maximum Gasteiger partial charge on any atom is 0.317 e. The summed E-state index contributed by atoms with van der Waals surface area (Å²) in [6, 6.07) is 0.381. The summed E-state index contributed by atoms with van der Waals surface area (Å²) in [6.45, 7) is 0.490. The summed E-state index contributed by atoms with van der Waals surface area (Å²) in [5.74, 6) is 2.15. The molecule has 6 heteroatoms. The Hall–Kier alpha value is -1.59. The Labute approximate surface area is 138 Å². The quantitative estimate of drug-likeness (QED) is 0.907. The number of hydrogen-bond acceptors (Lipinski definition) is 3. The van der Waals surface area contributed by atoms with E-state index in [0.717, 1.165) is 5.82 Å². The number of nitrogens with one attached hydrogen (secondary N) is 1. The molecule has 0 aromatic carbocycles. The number of amides is 2. The molecule has 2 fully saturated rings. The fourth-order valence-corrected chi connectivity index (χ4v) is 4.25. The molecular weight excluding hydrogens is 290 g/mol. The number of hydrogen-bond donors (Lipinski definition) is 1. The summed E-state index contributed by atoms with van der Waals surface area (Å²) in [7, 11) is 3.69. The summed E-state index contributed by atoms with van der Waals surface area (Å²) in [4.78, 5) is 18.6. The second-order valence-electron chi connectivity index (χ2n) is 7.22. The van der Waals surface area contributed by atoms with Crippen LogP contribution in [0.15, 0.2) is 6.33 Å². The fourth-order valence-electron chi connectivity index (χ4n) is 4.25. The zero-order chi connectivity index (χ0) is 16.2. The first-order valence-corrected chi connectivity index (χ1v) is 8.99. The first-order chi connectivity index (χ1) is 11.1.